The highest BCUT2D eigenvalue weighted by Crippen LogP contribution is 2.17. The van der Waals surface area contributed by atoms with Crippen LogP contribution < -0.4 is 11.1 Å². The Bertz CT molecular complexity index is 271. The molecule has 0 saturated heterocycles. The van der Waals surface area contributed by atoms with Crippen LogP contribution in [0.25, 0.3) is 0 Å². The molecule has 0 aromatic heterocycles. The van der Waals surface area contributed by atoms with Crippen molar-refractivity contribution in [2.45, 2.75) is 59.0 Å². The molecule has 1 amide bonds. The number of carboxylic acids is 1. The largest absolute Gasteiger partial charge is 0.481 e. The molecule has 100 valence electrons. The molecule has 0 aromatic carbocycles. The molecule has 0 aliphatic carbocycles. The normalized spacial score (nSPS) is 15.1. The van der Waals surface area contributed by atoms with Crippen LogP contribution in [-0.4, -0.2) is 29.1 Å². The van der Waals surface area contributed by atoms with E-state index < -0.39 is 12.0 Å². The van der Waals surface area contributed by atoms with E-state index in [9.17, 15) is 9.59 Å². The zero-order valence-corrected chi connectivity index (χ0v) is 11.1. The number of hydrogen-bond acceptors (Lipinski definition) is 3. The van der Waals surface area contributed by atoms with E-state index in [0.717, 1.165) is 6.42 Å². The van der Waals surface area contributed by atoms with Gasteiger partial charge in [-0.15, -0.1) is 0 Å². The molecular formula is C12H24N2O3. The lowest BCUT2D eigenvalue weighted by atomic mass is 9.86. The van der Waals surface area contributed by atoms with E-state index >= 15 is 0 Å². The number of carboxylic acid groups (broad SMARTS) is 1. The Morgan fingerprint density at radius 3 is 2.24 bits per heavy atom. The number of amides is 1. The van der Waals surface area contributed by atoms with Gasteiger partial charge in [0.25, 0.3) is 0 Å². The number of aliphatic carboxylic acids is 1. The van der Waals surface area contributed by atoms with Gasteiger partial charge in [-0.2, -0.15) is 0 Å². The van der Waals surface area contributed by atoms with Gasteiger partial charge < -0.3 is 16.2 Å². The molecule has 5 heteroatoms. The Labute approximate surface area is 103 Å². The maximum absolute atomic E-state index is 11.8. The van der Waals surface area contributed by atoms with Gasteiger partial charge in [0.05, 0.1) is 12.5 Å². The first-order valence-electron chi connectivity index (χ1n) is 5.96. The van der Waals surface area contributed by atoms with Crippen LogP contribution in [0.3, 0.4) is 0 Å². The van der Waals surface area contributed by atoms with Crippen molar-refractivity contribution < 1.29 is 14.7 Å². The van der Waals surface area contributed by atoms with Crippen LogP contribution in [0.2, 0.25) is 0 Å². The molecular weight excluding hydrogens is 220 g/mol. The van der Waals surface area contributed by atoms with Gasteiger partial charge in [-0.1, -0.05) is 34.1 Å². The summed E-state index contributed by atoms with van der Waals surface area (Å²) in [4.78, 5) is 22.5. The van der Waals surface area contributed by atoms with Gasteiger partial charge >= 0.3 is 5.97 Å². The summed E-state index contributed by atoms with van der Waals surface area (Å²) >= 11 is 0. The van der Waals surface area contributed by atoms with Crippen LogP contribution in [0.15, 0.2) is 0 Å². The fourth-order valence-corrected chi connectivity index (χ4v) is 1.47. The summed E-state index contributed by atoms with van der Waals surface area (Å²) in [6.07, 6.45) is 1.41. The van der Waals surface area contributed by atoms with Crippen molar-refractivity contribution in [1.29, 1.82) is 0 Å². The fourth-order valence-electron chi connectivity index (χ4n) is 1.47. The van der Waals surface area contributed by atoms with E-state index in [0.29, 0.717) is 6.42 Å². The molecule has 4 N–H and O–H groups in total. The second-order valence-electron chi connectivity index (χ2n) is 5.44. The van der Waals surface area contributed by atoms with E-state index in [1.807, 2.05) is 27.7 Å². The van der Waals surface area contributed by atoms with Gasteiger partial charge in [-0.25, -0.2) is 0 Å². The summed E-state index contributed by atoms with van der Waals surface area (Å²) in [5, 5.41) is 11.5. The van der Waals surface area contributed by atoms with Crippen LogP contribution in [-0.2, 0) is 9.59 Å². The van der Waals surface area contributed by atoms with Gasteiger partial charge in [-0.3, -0.25) is 9.59 Å². The Morgan fingerprint density at radius 1 is 1.35 bits per heavy atom. The first-order chi connectivity index (χ1) is 7.68. The van der Waals surface area contributed by atoms with E-state index in [1.165, 1.54) is 0 Å². The van der Waals surface area contributed by atoms with Crippen molar-refractivity contribution in [3.8, 4) is 0 Å². The molecule has 0 heterocycles. The monoisotopic (exact) mass is 244 g/mol. The van der Waals surface area contributed by atoms with Gasteiger partial charge in [0.1, 0.15) is 0 Å². The minimum atomic E-state index is -0.909. The van der Waals surface area contributed by atoms with E-state index in [1.54, 1.807) is 0 Å². The molecule has 0 aliphatic heterocycles. The fraction of sp³-hybridized carbons (Fsp3) is 0.833. The van der Waals surface area contributed by atoms with E-state index in [4.69, 9.17) is 10.8 Å². The van der Waals surface area contributed by atoms with Crippen molar-refractivity contribution in [1.82, 2.24) is 5.32 Å². The minimum Gasteiger partial charge on any atom is -0.481 e. The molecule has 5 nitrogen and oxygen atoms in total. The molecule has 0 aromatic rings. The Hall–Kier alpha value is -1.10. The maximum Gasteiger partial charge on any atom is 0.305 e. The molecule has 2 atom stereocenters. The summed E-state index contributed by atoms with van der Waals surface area (Å²) in [6, 6.07) is -0.964. The van der Waals surface area contributed by atoms with Crippen molar-refractivity contribution in [3.63, 3.8) is 0 Å². The summed E-state index contributed by atoms with van der Waals surface area (Å²) in [5.74, 6) is -1.19. The average Bonchev–Trinajstić information content (AvgIpc) is 2.14. The Kier molecular flexibility index (Phi) is 6.16. The molecule has 2 unspecified atom stereocenters. The highest BCUT2D eigenvalue weighted by Gasteiger charge is 2.29. The SMILES string of the molecule is CCCC(CC(=O)O)NC(=O)C(N)C(C)(C)C. The lowest BCUT2D eigenvalue weighted by Gasteiger charge is -2.28. The molecule has 0 bridgehead atoms. The third-order valence-corrected chi connectivity index (χ3v) is 2.62. The van der Waals surface area contributed by atoms with E-state index in [2.05, 4.69) is 5.32 Å². The van der Waals surface area contributed by atoms with Crippen LogP contribution in [0.5, 0.6) is 0 Å². The first kappa shape index (κ1) is 15.9. The minimum absolute atomic E-state index is 0.0591. The molecule has 0 saturated carbocycles. The highest BCUT2D eigenvalue weighted by molar-refractivity contribution is 5.83. The summed E-state index contributed by atoms with van der Waals surface area (Å²) in [5.41, 5.74) is 5.48. The number of carbonyl (C=O) groups excluding carboxylic acids is 1. The number of hydrogen-bond donors (Lipinski definition) is 3. The lowest BCUT2D eigenvalue weighted by molar-refractivity contribution is -0.137. The smallest absolute Gasteiger partial charge is 0.305 e. The maximum atomic E-state index is 11.8. The van der Waals surface area contributed by atoms with Gasteiger partial charge in [0.2, 0.25) is 5.91 Å². The predicted molar refractivity (Wildman–Crippen MR) is 66.5 cm³/mol. The van der Waals surface area contributed by atoms with Crippen molar-refractivity contribution in [2.24, 2.45) is 11.1 Å². The predicted octanol–water partition coefficient (Wildman–Crippen LogP) is 1.12. The molecule has 0 aliphatic rings. The summed E-state index contributed by atoms with van der Waals surface area (Å²) < 4.78 is 0. The van der Waals surface area contributed by atoms with Crippen LogP contribution >= 0.6 is 0 Å². The Balaban J connectivity index is 4.44. The van der Waals surface area contributed by atoms with Gasteiger partial charge in [-0.05, 0) is 11.8 Å². The Morgan fingerprint density at radius 2 is 1.88 bits per heavy atom. The molecule has 17 heavy (non-hydrogen) atoms. The van der Waals surface area contributed by atoms with E-state index in [-0.39, 0.29) is 23.8 Å². The van der Waals surface area contributed by atoms with Crippen LogP contribution in [0.1, 0.15) is 47.0 Å². The summed E-state index contributed by atoms with van der Waals surface area (Å²) in [6.45, 7) is 7.58. The first-order valence-corrected chi connectivity index (χ1v) is 5.96. The average molecular weight is 244 g/mol. The second kappa shape index (κ2) is 6.59. The van der Waals surface area contributed by atoms with Crippen LogP contribution in [0, 0.1) is 5.41 Å². The van der Waals surface area contributed by atoms with Gasteiger partial charge in [0, 0.05) is 6.04 Å². The number of nitrogens with two attached hydrogens (primary N) is 1. The number of rotatable bonds is 6. The molecule has 0 radical (unpaired) electrons. The number of carbonyl (C=O) groups is 2. The standard InChI is InChI=1S/C12H24N2O3/c1-5-6-8(7-9(15)16)14-11(17)10(13)12(2,3)4/h8,10H,5-7,13H2,1-4H3,(H,14,17)(H,15,16). The second-order valence-corrected chi connectivity index (χ2v) is 5.44. The topological polar surface area (TPSA) is 92.4 Å². The third-order valence-electron chi connectivity index (χ3n) is 2.62. The third kappa shape index (κ3) is 6.26. The molecule has 0 fully saturated rings. The van der Waals surface area contributed by atoms with Crippen molar-refractivity contribution in [2.75, 3.05) is 0 Å². The zero-order chi connectivity index (χ0) is 13.6. The lowest BCUT2D eigenvalue weighted by Crippen LogP contribution is -2.51. The van der Waals surface area contributed by atoms with Crippen LogP contribution in [0.4, 0.5) is 0 Å². The van der Waals surface area contributed by atoms with Crippen molar-refractivity contribution >= 4 is 11.9 Å². The molecule has 0 spiro atoms. The number of nitrogens with one attached hydrogen (secondary N) is 1. The summed E-state index contributed by atoms with van der Waals surface area (Å²) in [7, 11) is 0. The van der Waals surface area contributed by atoms with Gasteiger partial charge in [0.15, 0.2) is 0 Å². The molecule has 0 rings (SSSR count). The van der Waals surface area contributed by atoms with Crippen molar-refractivity contribution in [3.05, 3.63) is 0 Å². The zero-order valence-electron chi connectivity index (χ0n) is 11.1. The quantitative estimate of drug-likeness (QED) is 0.652. The highest BCUT2D eigenvalue weighted by atomic mass is 16.4.